The van der Waals surface area contributed by atoms with E-state index in [9.17, 15) is 0 Å². The average molecular weight is 205 g/mol. The Morgan fingerprint density at radius 2 is 2.14 bits per heavy atom. The molecule has 3 nitrogen and oxygen atoms in total. The van der Waals surface area contributed by atoms with Crippen molar-refractivity contribution in [3.05, 3.63) is 30.6 Å². The third kappa shape index (κ3) is 1.75. The Balaban J connectivity index is 2.48. The molecule has 0 spiro atoms. The van der Waals surface area contributed by atoms with Crippen LogP contribution in [0.5, 0.6) is 0 Å². The number of benzene rings is 1. The number of nitrogens with one attached hydrogen (secondary N) is 1. The highest BCUT2D eigenvalue weighted by molar-refractivity contribution is 7.98. The standard InChI is InChI=1S/C10H11N3S/c1-14-10-3-7(2-9(11)4-10)8-5-12-13-6-8/h2-6H,11H2,1H3,(H,12,13). The zero-order valence-electron chi connectivity index (χ0n) is 7.82. The molecule has 0 aliphatic carbocycles. The predicted molar refractivity (Wildman–Crippen MR) is 60.2 cm³/mol. The van der Waals surface area contributed by atoms with Gasteiger partial charge in [-0.1, -0.05) is 0 Å². The van der Waals surface area contributed by atoms with Gasteiger partial charge in [0.15, 0.2) is 0 Å². The predicted octanol–water partition coefficient (Wildman–Crippen LogP) is 2.38. The highest BCUT2D eigenvalue weighted by atomic mass is 32.2. The number of rotatable bonds is 2. The first kappa shape index (κ1) is 9.15. The summed E-state index contributed by atoms with van der Waals surface area (Å²) in [5.41, 5.74) is 8.75. The van der Waals surface area contributed by atoms with Crippen LogP contribution >= 0.6 is 11.8 Å². The van der Waals surface area contributed by atoms with Gasteiger partial charge in [0.1, 0.15) is 0 Å². The van der Waals surface area contributed by atoms with Crippen molar-refractivity contribution in [1.82, 2.24) is 10.2 Å². The molecule has 0 atom stereocenters. The maximum Gasteiger partial charge on any atom is 0.0565 e. The third-order valence-corrected chi connectivity index (χ3v) is 2.70. The van der Waals surface area contributed by atoms with E-state index in [2.05, 4.69) is 16.3 Å². The number of aromatic nitrogens is 2. The molecule has 1 aromatic heterocycles. The van der Waals surface area contributed by atoms with Gasteiger partial charge in [0, 0.05) is 22.3 Å². The second-order valence-electron chi connectivity index (χ2n) is 2.98. The van der Waals surface area contributed by atoms with E-state index in [1.54, 1.807) is 18.0 Å². The molecule has 14 heavy (non-hydrogen) atoms. The van der Waals surface area contributed by atoms with Gasteiger partial charge in [-0.3, -0.25) is 5.10 Å². The number of anilines is 1. The van der Waals surface area contributed by atoms with Crippen molar-refractivity contribution >= 4 is 17.4 Å². The Kier molecular flexibility index (Phi) is 2.45. The van der Waals surface area contributed by atoms with Gasteiger partial charge in [-0.2, -0.15) is 5.10 Å². The molecule has 72 valence electrons. The lowest BCUT2D eigenvalue weighted by Crippen LogP contribution is -1.86. The number of thioether (sulfide) groups is 1. The SMILES string of the molecule is CSc1cc(N)cc(-c2cn[nH]c2)c1. The summed E-state index contributed by atoms with van der Waals surface area (Å²) in [5, 5.41) is 6.70. The number of nitrogen functional groups attached to an aromatic ring is 1. The van der Waals surface area contributed by atoms with Crippen LogP contribution in [0.25, 0.3) is 11.1 Å². The van der Waals surface area contributed by atoms with Crippen molar-refractivity contribution in [2.75, 3.05) is 12.0 Å². The van der Waals surface area contributed by atoms with E-state index in [4.69, 9.17) is 5.73 Å². The van der Waals surface area contributed by atoms with Crippen molar-refractivity contribution in [2.45, 2.75) is 4.90 Å². The molecule has 0 saturated carbocycles. The highest BCUT2D eigenvalue weighted by Gasteiger charge is 2.01. The molecule has 3 N–H and O–H groups in total. The molecule has 0 aliphatic rings. The summed E-state index contributed by atoms with van der Waals surface area (Å²) in [6.45, 7) is 0. The number of aromatic amines is 1. The zero-order valence-corrected chi connectivity index (χ0v) is 8.64. The summed E-state index contributed by atoms with van der Waals surface area (Å²) in [4.78, 5) is 1.17. The van der Waals surface area contributed by atoms with Gasteiger partial charge in [-0.15, -0.1) is 11.8 Å². The van der Waals surface area contributed by atoms with E-state index in [0.29, 0.717) is 0 Å². The van der Waals surface area contributed by atoms with Crippen LogP contribution in [0.15, 0.2) is 35.5 Å². The van der Waals surface area contributed by atoms with Gasteiger partial charge in [0.25, 0.3) is 0 Å². The number of hydrogen-bond donors (Lipinski definition) is 2. The maximum atomic E-state index is 5.80. The summed E-state index contributed by atoms with van der Waals surface area (Å²) in [6, 6.07) is 6.02. The van der Waals surface area contributed by atoms with Crippen LogP contribution in [0.3, 0.4) is 0 Å². The molecule has 1 heterocycles. The second-order valence-corrected chi connectivity index (χ2v) is 3.86. The number of H-pyrrole nitrogens is 1. The summed E-state index contributed by atoms with van der Waals surface area (Å²) in [5.74, 6) is 0. The third-order valence-electron chi connectivity index (χ3n) is 2.00. The minimum absolute atomic E-state index is 0.785. The fourth-order valence-electron chi connectivity index (χ4n) is 1.32. The molecule has 0 unspecified atom stereocenters. The number of nitrogens with zero attached hydrogens (tertiary/aromatic N) is 1. The lowest BCUT2D eigenvalue weighted by molar-refractivity contribution is 1.09. The zero-order chi connectivity index (χ0) is 9.97. The summed E-state index contributed by atoms with van der Waals surface area (Å²) < 4.78 is 0. The number of nitrogens with two attached hydrogens (primary N) is 1. The fourth-order valence-corrected chi connectivity index (χ4v) is 1.81. The second kappa shape index (κ2) is 3.75. The van der Waals surface area contributed by atoms with E-state index in [1.165, 1.54) is 4.90 Å². The molecule has 0 bridgehead atoms. The quantitative estimate of drug-likeness (QED) is 0.584. The first-order valence-corrected chi connectivity index (χ1v) is 5.46. The minimum atomic E-state index is 0.785. The normalized spacial score (nSPS) is 10.4. The van der Waals surface area contributed by atoms with Gasteiger partial charge in [0.2, 0.25) is 0 Å². The molecule has 0 saturated heterocycles. The Hall–Kier alpha value is -1.42. The molecule has 0 radical (unpaired) electrons. The van der Waals surface area contributed by atoms with Crippen LogP contribution in [0.4, 0.5) is 5.69 Å². The Labute approximate surface area is 86.7 Å². The van der Waals surface area contributed by atoms with Crippen LogP contribution in [0.1, 0.15) is 0 Å². The molecule has 2 aromatic rings. The average Bonchev–Trinajstić information content (AvgIpc) is 2.69. The molecule has 1 aromatic carbocycles. The summed E-state index contributed by atoms with van der Waals surface area (Å²) in [7, 11) is 0. The topological polar surface area (TPSA) is 54.7 Å². The van der Waals surface area contributed by atoms with Crippen molar-refractivity contribution in [3.8, 4) is 11.1 Å². The van der Waals surface area contributed by atoms with Crippen LogP contribution in [0.2, 0.25) is 0 Å². The van der Waals surface area contributed by atoms with Gasteiger partial charge in [-0.05, 0) is 30.0 Å². The van der Waals surface area contributed by atoms with E-state index in [0.717, 1.165) is 16.8 Å². The lowest BCUT2D eigenvalue weighted by Gasteiger charge is -2.03. The van der Waals surface area contributed by atoms with Crippen LogP contribution < -0.4 is 5.73 Å². The smallest absolute Gasteiger partial charge is 0.0565 e. The van der Waals surface area contributed by atoms with Gasteiger partial charge >= 0.3 is 0 Å². The van der Waals surface area contributed by atoms with Crippen LogP contribution in [-0.2, 0) is 0 Å². The first-order valence-electron chi connectivity index (χ1n) is 4.23. The van der Waals surface area contributed by atoms with Crippen molar-refractivity contribution in [1.29, 1.82) is 0 Å². The van der Waals surface area contributed by atoms with Gasteiger partial charge in [0.05, 0.1) is 6.20 Å². The highest BCUT2D eigenvalue weighted by Crippen LogP contribution is 2.26. The summed E-state index contributed by atoms with van der Waals surface area (Å²) in [6.07, 6.45) is 5.69. The lowest BCUT2D eigenvalue weighted by atomic mass is 10.1. The van der Waals surface area contributed by atoms with Gasteiger partial charge in [-0.25, -0.2) is 0 Å². The Bertz CT molecular complexity index is 423. The maximum absolute atomic E-state index is 5.80. The number of hydrogen-bond acceptors (Lipinski definition) is 3. The van der Waals surface area contributed by atoms with Crippen molar-refractivity contribution in [2.24, 2.45) is 0 Å². The Morgan fingerprint density at radius 1 is 1.29 bits per heavy atom. The van der Waals surface area contributed by atoms with E-state index >= 15 is 0 Å². The van der Waals surface area contributed by atoms with Crippen molar-refractivity contribution < 1.29 is 0 Å². The minimum Gasteiger partial charge on any atom is -0.399 e. The molecule has 0 amide bonds. The molecule has 0 aliphatic heterocycles. The van der Waals surface area contributed by atoms with E-state index < -0.39 is 0 Å². The molecule has 0 fully saturated rings. The van der Waals surface area contributed by atoms with Gasteiger partial charge < -0.3 is 5.73 Å². The summed E-state index contributed by atoms with van der Waals surface area (Å²) >= 11 is 1.68. The molecule has 2 rings (SSSR count). The van der Waals surface area contributed by atoms with E-state index in [-0.39, 0.29) is 0 Å². The molecule has 4 heteroatoms. The molecular weight excluding hydrogens is 194 g/mol. The fraction of sp³-hybridized carbons (Fsp3) is 0.100. The van der Waals surface area contributed by atoms with Crippen LogP contribution in [-0.4, -0.2) is 16.5 Å². The Morgan fingerprint density at radius 3 is 2.79 bits per heavy atom. The van der Waals surface area contributed by atoms with Crippen molar-refractivity contribution in [3.63, 3.8) is 0 Å². The largest absolute Gasteiger partial charge is 0.399 e. The van der Waals surface area contributed by atoms with Crippen LogP contribution in [0, 0.1) is 0 Å². The first-order chi connectivity index (χ1) is 6.79. The monoisotopic (exact) mass is 205 g/mol. The van der Waals surface area contributed by atoms with E-state index in [1.807, 2.05) is 24.6 Å². The molecular formula is C10H11N3S.